The number of amides is 1. The van der Waals surface area contributed by atoms with Gasteiger partial charge in [0.25, 0.3) is 0 Å². The van der Waals surface area contributed by atoms with Crippen molar-refractivity contribution in [2.24, 2.45) is 0 Å². The van der Waals surface area contributed by atoms with Gasteiger partial charge in [-0.3, -0.25) is 0 Å². The highest BCUT2D eigenvalue weighted by molar-refractivity contribution is 5.65. The van der Waals surface area contributed by atoms with Gasteiger partial charge in [-0.25, -0.2) is 9.18 Å². The maximum Gasteiger partial charge on any atom is 0.407 e. The van der Waals surface area contributed by atoms with Crippen molar-refractivity contribution in [2.45, 2.75) is 6.61 Å². The first-order chi connectivity index (χ1) is 13.5. The number of rotatable bonds is 4. The van der Waals surface area contributed by atoms with Crippen molar-refractivity contribution in [3.05, 3.63) is 52.8 Å². The topological polar surface area (TPSA) is 113 Å². The molecule has 0 spiro atoms. The molecular weight excluding hydrogens is 365 g/mol. The van der Waals surface area contributed by atoms with Crippen molar-refractivity contribution < 1.29 is 19.0 Å². The first-order valence-electron chi connectivity index (χ1n) is 8.46. The number of pyridine rings is 1. The van der Waals surface area contributed by atoms with E-state index in [1.165, 1.54) is 23.1 Å². The van der Waals surface area contributed by atoms with Gasteiger partial charge in [-0.2, -0.15) is 15.5 Å². The van der Waals surface area contributed by atoms with Crippen LogP contribution in [0, 0.1) is 28.5 Å². The van der Waals surface area contributed by atoms with Crippen LogP contribution in [-0.4, -0.2) is 47.3 Å². The van der Waals surface area contributed by atoms with Crippen molar-refractivity contribution in [1.29, 1.82) is 10.5 Å². The van der Waals surface area contributed by atoms with Crippen molar-refractivity contribution in [3.8, 4) is 18.0 Å². The van der Waals surface area contributed by atoms with Gasteiger partial charge in [-0.05, 0) is 18.2 Å². The smallest absolute Gasteiger partial charge is 0.407 e. The van der Waals surface area contributed by atoms with Gasteiger partial charge in [0.1, 0.15) is 18.2 Å². The Balaban J connectivity index is 1.74. The summed E-state index contributed by atoms with van der Waals surface area (Å²) in [6, 6.07) is 11.1. The number of ether oxygens (including phenoxy) is 1. The summed E-state index contributed by atoms with van der Waals surface area (Å²) in [7, 11) is 0. The summed E-state index contributed by atoms with van der Waals surface area (Å²) in [5.41, 5.74) is 0.814. The molecule has 1 saturated heterocycles. The van der Waals surface area contributed by atoms with E-state index in [4.69, 9.17) is 15.1 Å². The third kappa shape index (κ3) is 4.27. The number of piperazine rings is 1. The molecule has 0 saturated carbocycles. The molecule has 3 rings (SSSR count). The van der Waals surface area contributed by atoms with Crippen LogP contribution in [0.4, 0.5) is 15.0 Å². The van der Waals surface area contributed by atoms with Crippen LogP contribution in [0.5, 0.6) is 5.88 Å². The summed E-state index contributed by atoms with van der Waals surface area (Å²) in [6.45, 7) is 1.45. The molecule has 1 aliphatic heterocycles. The van der Waals surface area contributed by atoms with Crippen molar-refractivity contribution in [3.63, 3.8) is 0 Å². The monoisotopic (exact) mass is 381 g/mol. The lowest BCUT2D eigenvalue weighted by molar-refractivity contribution is 0.142. The summed E-state index contributed by atoms with van der Waals surface area (Å²) in [4.78, 5) is 18.6. The Morgan fingerprint density at radius 2 is 1.86 bits per heavy atom. The highest BCUT2D eigenvalue weighted by Gasteiger charge is 2.22. The standard InChI is InChI=1S/C19H16FN5O3/c20-16-7-13(10-21)1-2-15(16)12-28-18-9-14(11-22)8-17(23-18)24-3-5-25(6-4-24)19(26)27/h1-2,7-9H,3-6,12H2,(H,26,27). The second-order valence-electron chi connectivity index (χ2n) is 6.13. The molecule has 0 bridgehead atoms. The quantitative estimate of drug-likeness (QED) is 0.865. The zero-order chi connectivity index (χ0) is 20.1. The molecule has 1 N–H and O–H groups in total. The highest BCUT2D eigenvalue weighted by atomic mass is 19.1. The van der Waals surface area contributed by atoms with E-state index in [0.717, 1.165) is 6.07 Å². The number of nitrogens with zero attached hydrogens (tertiary/aromatic N) is 5. The second-order valence-corrected chi connectivity index (χ2v) is 6.13. The van der Waals surface area contributed by atoms with Crippen LogP contribution < -0.4 is 9.64 Å². The number of hydrogen-bond acceptors (Lipinski definition) is 6. The average Bonchev–Trinajstić information content (AvgIpc) is 2.72. The summed E-state index contributed by atoms with van der Waals surface area (Å²) in [5, 5.41) is 27.1. The molecule has 8 nitrogen and oxygen atoms in total. The summed E-state index contributed by atoms with van der Waals surface area (Å²) in [6.07, 6.45) is -0.966. The Hall–Kier alpha value is -3.85. The summed E-state index contributed by atoms with van der Waals surface area (Å²) < 4.78 is 19.6. The second kappa shape index (κ2) is 8.23. The molecule has 2 heterocycles. The largest absolute Gasteiger partial charge is 0.473 e. The van der Waals surface area contributed by atoms with E-state index in [0.29, 0.717) is 37.6 Å². The zero-order valence-electron chi connectivity index (χ0n) is 14.8. The summed E-state index contributed by atoms with van der Waals surface area (Å²) >= 11 is 0. The molecule has 1 aromatic heterocycles. The van der Waals surface area contributed by atoms with Crippen molar-refractivity contribution >= 4 is 11.9 Å². The molecule has 0 unspecified atom stereocenters. The lowest BCUT2D eigenvalue weighted by Crippen LogP contribution is -2.48. The van der Waals surface area contributed by atoms with E-state index < -0.39 is 11.9 Å². The fourth-order valence-electron chi connectivity index (χ4n) is 2.80. The Morgan fingerprint density at radius 1 is 1.14 bits per heavy atom. The van der Waals surface area contributed by atoms with Crippen molar-refractivity contribution in [1.82, 2.24) is 9.88 Å². The van der Waals surface area contributed by atoms with Gasteiger partial charge >= 0.3 is 6.09 Å². The number of carboxylic acid groups (broad SMARTS) is 1. The molecule has 1 aliphatic rings. The maximum atomic E-state index is 14.0. The SMILES string of the molecule is N#Cc1cc(OCc2ccc(C#N)cc2F)nc(N2CCN(C(=O)O)CC2)c1. The number of anilines is 1. The third-order valence-corrected chi connectivity index (χ3v) is 4.35. The molecular formula is C19H16FN5O3. The molecule has 0 atom stereocenters. The molecule has 0 radical (unpaired) electrons. The number of nitriles is 2. The van der Waals surface area contributed by atoms with Crippen LogP contribution in [-0.2, 0) is 6.61 Å². The molecule has 28 heavy (non-hydrogen) atoms. The van der Waals surface area contributed by atoms with Gasteiger partial charge < -0.3 is 19.6 Å². The summed E-state index contributed by atoms with van der Waals surface area (Å²) in [5.74, 6) is 0.110. The maximum absolute atomic E-state index is 14.0. The van der Waals surface area contributed by atoms with Crippen LogP contribution in [0.1, 0.15) is 16.7 Å². The Bertz CT molecular complexity index is 975. The van der Waals surface area contributed by atoms with E-state index in [-0.39, 0.29) is 23.6 Å². The van der Waals surface area contributed by atoms with Gasteiger partial charge in [0.2, 0.25) is 5.88 Å². The van der Waals surface area contributed by atoms with Gasteiger partial charge in [0.05, 0.1) is 23.3 Å². The normalized spacial score (nSPS) is 13.5. The van der Waals surface area contributed by atoms with Gasteiger partial charge in [0, 0.05) is 37.8 Å². The first-order valence-corrected chi connectivity index (χ1v) is 8.46. The number of carbonyl (C=O) groups is 1. The molecule has 1 aromatic carbocycles. The van der Waals surface area contributed by atoms with E-state index in [2.05, 4.69) is 4.98 Å². The molecule has 2 aromatic rings. The van der Waals surface area contributed by atoms with Crippen molar-refractivity contribution in [2.75, 3.05) is 31.1 Å². The first kappa shape index (κ1) is 18.9. The molecule has 9 heteroatoms. The minimum atomic E-state index is -0.966. The fraction of sp³-hybridized carbons (Fsp3) is 0.263. The van der Waals surface area contributed by atoms with Gasteiger partial charge in [-0.1, -0.05) is 6.07 Å². The Kier molecular flexibility index (Phi) is 5.56. The zero-order valence-corrected chi connectivity index (χ0v) is 14.8. The Morgan fingerprint density at radius 3 is 2.46 bits per heavy atom. The lowest BCUT2D eigenvalue weighted by Gasteiger charge is -2.34. The lowest BCUT2D eigenvalue weighted by atomic mass is 10.1. The van der Waals surface area contributed by atoms with Gasteiger partial charge in [-0.15, -0.1) is 0 Å². The third-order valence-electron chi connectivity index (χ3n) is 4.35. The minimum absolute atomic E-state index is 0.106. The predicted octanol–water partition coefficient (Wildman–Crippen LogP) is 2.34. The van der Waals surface area contributed by atoms with Crippen LogP contribution in [0.2, 0.25) is 0 Å². The predicted molar refractivity (Wildman–Crippen MR) is 96.2 cm³/mol. The fourth-order valence-corrected chi connectivity index (χ4v) is 2.80. The van der Waals surface area contributed by atoms with Gasteiger partial charge in [0.15, 0.2) is 0 Å². The molecule has 1 amide bonds. The van der Waals surface area contributed by atoms with Crippen LogP contribution in [0.3, 0.4) is 0 Å². The van der Waals surface area contributed by atoms with Crippen LogP contribution in [0.25, 0.3) is 0 Å². The van der Waals surface area contributed by atoms with E-state index >= 15 is 0 Å². The molecule has 142 valence electrons. The van der Waals surface area contributed by atoms with Crippen LogP contribution in [0.15, 0.2) is 30.3 Å². The highest BCUT2D eigenvalue weighted by Crippen LogP contribution is 2.22. The van der Waals surface area contributed by atoms with E-state index in [1.807, 2.05) is 17.0 Å². The number of hydrogen-bond donors (Lipinski definition) is 1. The number of benzene rings is 1. The number of aromatic nitrogens is 1. The molecule has 0 aliphatic carbocycles. The number of halogens is 1. The average molecular weight is 381 g/mol. The van der Waals surface area contributed by atoms with E-state index in [1.54, 1.807) is 6.07 Å². The minimum Gasteiger partial charge on any atom is -0.473 e. The molecule has 1 fully saturated rings. The van der Waals surface area contributed by atoms with Crippen LogP contribution >= 0.6 is 0 Å². The Labute approximate surface area is 160 Å². The van der Waals surface area contributed by atoms with E-state index in [9.17, 15) is 14.4 Å².